The van der Waals surface area contributed by atoms with Crippen LogP contribution in [-0.4, -0.2) is 54.3 Å². The smallest absolute Gasteiger partial charge is 0.463 e. The van der Waals surface area contributed by atoms with Crippen molar-refractivity contribution in [2.45, 2.75) is 187 Å². The number of hydrogen-bond donors (Lipinski definition) is 3. The maximum Gasteiger partial charge on any atom is 0.472 e. The molecule has 0 aliphatic rings. The van der Waals surface area contributed by atoms with Crippen molar-refractivity contribution < 1.29 is 37.9 Å². The highest BCUT2D eigenvalue weighted by Gasteiger charge is 2.23. The van der Waals surface area contributed by atoms with Crippen LogP contribution in [0.3, 0.4) is 0 Å². The van der Waals surface area contributed by atoms with E-state index in [1.165, 1.54) is 64.2 Å². The lowest BCUT2D eigenvalue weighted by Crippen LogP contribution is -2.27. The largest absolute Gasteiger partial charge is 0.472 e. The predicted molar refractivity (Wildman–Crippen MR) is 247 cm³/mol. The van der Waals surface area contributed by atoms with Crippen LogP contribution in [0.15, 0.2) is 85.1 Å². The molecule has 0 spiro atoms. The molecular formula is C49H84NO8P. The Labute approximate surface area is 360 Å². The number of aliphatic hydroxyl groups is 1. The van der Waals surface area contributed by atoms with Crippen molar-refractivity contribution in [2.24, 2.45) is 0 Å². The number of phosphoric acid groups is 1. The lowest BCUT2D eigenvalue weighted by molar-refractivity contribution is -0.147. The first kappa shape index (κ1) is 56.2. The molecule has 0 heterocycles. The number of amides is 1. The van der Waals surface area contributed by atoms with Crippen molar-refractivity contribution in [3.8, 4) is 0 Å². The average Bonchev–Trinajstić information content (AvgIpc) is 3.22. The zero-order valence-electron chi connectivity index (χ0n) is 37.2. The first-order chi connectivity index (χ1) is 28.8. The minimum atomic E-state index is -4.44. The molecule has 0 aromatic heterocycles. The van der Waals surface area contributed by atoms with Gasteiger partial charge in [-0.3, -0.25) is 18.6 Å². The number of esters is 1. The van der Waals surface area contributed by atoms with E-state index in [4.69, 9.17) is 13.8 Å². The molecule has 9 nitrogen and oxygen atoms in total. The van der Waals surface area contributed by atoms with Crippen LogP contribution in [0.2, 0.25) is 0 Å². The minimum Gasteiger partial charge on any atom is -0.463 e. The second-order valence-electron chi connectivity index (χ2n) is 15.0. The van der Waals surface area contributed by atoms with Crippen LogP contribution in [-0.2, 0) is 27.9 Å². The summed E-state index contributed by atoms with van der Waals surface area (Å²) in [5.41, 5.74) is 0. The number of rotatable bonds is 42. The van der Waals surface area contributed by atoms with E-state index in [1.54, 1.807) is 0 Å². The van der Waals surface area contributed by atoms with Gasteiger partial charge in [0.1, 0.15) is 12.7 Å². The Balaban J connectivity index is 3.69. The number of nitrogens with one attached hydrogen (secondary N) is 1. The van der Waals surface area contributed by atoms with Crippen molar-refractivity contribution in [1.29, 1.82) is 0 Å². The highest BCUT2D eigenvalue weighted by Crippen LogP contribution is 2.42. The van der Waals surface area contributed by atoms with Crippen LogP contribution >= 0.6 is 7.82 Å². The number of hydrogen-bond acceptors (Lipinski definition) is 7. The van der Waals surface area contributed by atoms with Crippen molar-refractivity contribution in [3.05, 3.63) is 85.1 Å². The van der Waals surface area contributed by atoms with E-state index >= 15 is 0 Å². The molecule has 10 heteroatoms. The summed E-state index contributed by atoms with van der Waals surface area (Å²) in [5.74, 6) is -0.566. The van der Waals surface area contributed by atoms with Crippen LogP contribution in [0.5, 0.6) is 0 Å². The SMILES string of the molecule is CCCCC/C=C\C/C=C\C/C=C\C/C=C\CCCCCC(=O)OCC(O)COP(=O)(O)OCCNC(=O)CCCCCCCC/C=C\C/C=C\C/C=C\CCCCC. The molecule has 0 bridgehead atoms. The molecule has 0 fully saturated rings. The van der Waals surface area contributed by atoms with Gasteiger partial charge in [0.15, 0.2) is 0 Å². The Hall–Kier alpha value is -2.81. The molecule has 0 saturated heterocycles. The molecule has 0 aromatic carbocycles. The molecule has 0 aliphatic heterocycles. The van der Waals surface area contributed by atoms with Gasteiger partial charge in [-0.1, -0.05) is 157 Å². The van der Waals surface area contributed by atoms with Crippen molar-refractivity contribution in [2.75, 3.05) is 26.4 Å². The topological polar surface area (TPSA) is 131 Å². The first-order valence-electron chi connectivity index (χ1n) is 23.1. The second-order valence-corrected chi connectivity index (χ2v) is 16.5. The van der Waals surface area contributed by atoms with Gasteiger partial charge in [-0.2, -0.15) is 0 Å². The van der Waals surface area contributed by atoms with Crippen molar-refractivity contribution in [3.63, 3.8) is 0 Å². The van der Waals surface area contributed by atoms with E-state index in [2.05, 4.69) is 104 Å². The van der Waals surface area contributed by atoms with Gasteiger partial charge in [0.05, 0.1) is 13.2 Å². The summed E-state index contributed by atoms with van der Waals surface area (Å²) >= 11 is 0. The van der Waals surface area contributed by atoms with E-state index in [-0.39, 0.29) is 32.1 Å². The third kappa shape index (κ3) is 46.1. The highest BCUT2D eigenvalue weighted by atomic mass is 31.2. The molecule has 1 amide bonds. The summed E-state index contributed by atoms with van der Waals surface area (Å²) in [7, 11) is -4.44. The maximum absolute atomic E-state index is 12.1. The fraction of sp³-hybridized carbons (Fsp3) is 0.673. The number of carbonyl (C=O) groups excluding carboxylic acids is 2. The third-order valence-corrected chi connectivity index (χ3v) is 10.3. The molecule has 59 heavy (non-hydrogen) atoms. The fourth-order valence-electron chi connectivity index (χ4n) is 5.78. The van der Waals surface area contributed by atoms with Crippen LogP contribution in [0.25, 0.3) is 0 Å². The van der Waals surface area contributed by atoms with Crippen molar-refractivity contribution in [1.82, 2.24) is 5.32 Å². The Bertz CT molecular complexity index is 1240. The van der Waals surface area contributed by atoms with E-state index < -0.39 is 26.5 Å². The van der Waals surface area contributed by atoms with Gasteiger partial charge < -0.3 is 20.1 Å². The van der Waals surface area contributed by atoms with E-state index in [1.807, 2.05) is 0 Å². The summed E-state index contributed by atoms with van der Waals surface area (Å²) in [6, 6.07) is 0. The molecule has 2 atom stereocenters. The third-order valence-electron chi connectivity index (χ3n) is 9.30. The molecule has 3 N–H and O–H groups in total. The molecule has 2 unspecified atom stereocenters. The molecule has 0 rings (SSSR count). The van der Waals surface area contributed by atoms with Gasteiger partial charge in [0.2, 0.25) is 5.91 Å². The van der Waals surface area contributed by atoms with E-state index in [9.17, 15) is 24.2 Å². The summed E-state index contributed by atoms with van der Waals surface area (Å²) < 4.78 is 26.9. The molecule has 0 radical (unpaired) electrons. The number of phosphoric ester groups is 1. The van der Waals surface area contributed by atoms with Crippen molar-refractivity contribution >= 4 is 19.7 Å². The Kier molecular flexibility index (Phi) is 42.6. The molecule has 0 saturated carbocycles. The second kappa shape index (κ2) is 44.7. The zero-order chi connectivity index (χ0) is 43.2. The van der Waals surface area contributed by atoms with Gasteiger partial charge >= 0.3 is 13.8 Å². The fourth-order valence-corrected chi connectivity index (χ4v) is 6.54. The van der Waals surface area contributed by atoms with Crippen LogP contribution in [0, 0.1) is 0 Å². The van der Waals surface area contributed by atoms with Gasteiger partial charge in [0, 0.05) is 19.4 Å². The van der Waals surface area contributed by atoms with Gasteiger partial charge in [0.25, 0.3) is 0 Å². The summed E-state index contributed by atoms with van der Waals surface area (Å²) in [6.45, 7) is 3.43. The average molecular weight is 846 g/mol. The Morgan fingerprint density at radius 2 is 0.915 bits per heavy atom. The molecule has 0 aliphatic carbocycles. The minimum absolute atomic E-state index is 0.0654. The lowest BCUT2D eigenvalue weighted by atomic mass is 10.1. The number of unbranched alkanes of at least 4 members (excludes halogenated alkanes) is 15. The first-order valence-corrected chi connectivity index (χ1v) is 24.6. The predicted octanol–water partition coefficient (Wildman–Crippen LogP) is 13.2. The molecule has 338 valence electrons. The summed E-state index contributed by atoms with van der Waals surface area (Å²) in [5, 5.41) is 12.7. The summed E-state index contributed by atoms with van der Waals surface area (Å²) in [4.78, 5) is 34.0. The van der Waals surface area contributed by atoms with Gasteiger partial charge in [-0.15, -0.1) is 0 Å². The number of aliphatic hydroxyl groups excluding tert-OH is 1. The number of allylic oxidation sites excluding steroid dienone is 14. The number of carbonyl (C=O) groups is 2. The zero-order valence-corrected chi connectivity index (χ0v) is 38.1. The molecule has 0 aromatic rings. The Morgan fingerprint density at radius 3 is 1.39 bits per heavy atom. The van der Waals surface area contributed by atoms with Gasteiger partial charge in [-0.05, 0) is 96.3 Å². The van der Waals surface area contributed by atoms with E-state index in [0.29, 0.717) is 12.8 Å². The van der Waals surface area contributed by atoms with Crippen LogP contribution in [0.4, 0.5) is 0 Å². The van der Waals surface area contributed by atoms with Crippen LogP contribution in [0.1, 0.15) is 181 Å². The van der Waals surface area contributed by atoms with Gasteiger partial charge in [-0.25, -0.2) is 4.57 Å². The quantitative estimate of drug-likeness (QED) is 0.0240. The maximum atomic E-state index is 12.1. The Morgan fingerprint density at radius 1 is 0.525 bits per heavy atom. The molecular weight excluding hydrogens is 762 g/mol. The standard InChI is InChI=1S/C49H84NO8P/c1-3-5-7-9-11-13-15-17-19-21-23-25-27-29-31-33-35-37-39-41-48(52)50-43-44-57-59(54,55)58-46-47(51)45-56-49(53)42-40-38-36-34-32-30-28-26-24-22-20-18-16-14-12-10-8-6-4-2/h11-14,17-20,23-26,30,32,47,51H,3-10,15-16,21-22,27-29,31,33-46H2,1-2H3,(H,50,52)(H,54,55)/b13-11-,14-12-,19-17-,20-18-,25-23-,26-24-,32-30-. The highest BCUT2D eigenvalue weighted by molar-refractivity contribution is 7.47. The summed E-state index contributed by atoms with van der Waals surface area (Å²) in [6.07, 6.45) is 56.5. The van der Waals surface area contributed by atoms with Crippen LogP contribution < -0.4 is 5.32 Å². The number of ether oxygens (including phenoxy) is 1. The monoisotopic (exact) mass is 846 g/mol. The lowest BCUT2D eigenvalue weighted by Gasteiger charge is -2.15. The normalized spacial score (nSPS) is 14.0. The van der Waals surface area contributed by atoms with E-state index in [0.717, 1.165) is 83.5 Å².